The highest BCUT2D eigenvalue weighted by Crippen LogP contribution is 2.15. The largest absolute Gasteiger partial charge is 0.469 e. The summed E-state index contributed by atoms with van der Waals surface area (Å²) >= 11 is 0. The van der Waals surface area contributed by atoms with Gasteiger partial charge >= 0.3 is 0 Å². The van der Waals surface area contributed by atoms with Crippen LogP contribution in [0.3, 0.4) is 0 Å². The number of carbonyl (C=O) groups is 1. The quantitative estimate of drug-likeness (QED) is 0.885. The van der Waals surface area contributed by atoms with Gasteiger partial charge in [-0.1, -0.05) is 6.92 Å². The first-order valence-electron chi connectivity index (χ1n) is 6.94. The zero-order valence-electron chi connectivity index (χ0n) is 11.8. The normalized spacial score (nSPS) is 18.6. The summed E-state index contributed by atoms with van der Waals surface area (Å²) in [5.74, 6) is 0.771. The SMILES string of the molecule is CCC(CN)N1CCN(C(=O)c2ccoc2C)CC1. The van der Waals surface area contributed by atoms with Crippen molar-refractivity contribution in [2.24, 2.45) is 5.73 Å². The Bertz CT molecular complexity index is 418. The highest BCUT2D eigenvalue weighted by atomic mass is 16.3. The van der Waals surface area contributed by atoms with Gasteiger partial charge in [-0.3, -0.25) is 9.69 Å². The third kappa shape index (κ3) is 2.98. The topological polar surface area (TPSA) is 62.7 Å². The first kappa shape index (κ1) is 14.1. The van der Waals surface area contributed by atoms with Crippen molar-refractivity contribution in [3.63, 3.8) is 0 Å². The summed E-state index contributed by atoms with van der Waals surface area (Å²) in [4.78, 5) is 16.6. The van der Waals surface area contributed by atoms with E-state index in [0.29, 0.717) is 23.9 Å². The molecule has 0 aromatic carbocycles. The molecule has 0 radical (unpaired) electrons. The molecular weight excluding hydrogens is 242 g/mol. The number of nitrogens with two attached hydrogens (primary N) is 1. The van der Waals surface area contributed by atoms with Crippen LogP contribution < -0.4 is 5.73 Å². The van der Waals surface area contributed by atoms with Gasteiger partial charge in [0.25, 0.3) is 5.91 Å². The van der Waals surface area contributed by atoms with Gasteiger partial charge in [-0.2, -0.15) is 0 Å². The van der Waals surface area contributed by atoms with Gasteiger partial charge in [-0.05, 0) is 19.4 Å². The standard InChI is InChI=1S/C14H23N3O2/c1-3-12(10-15)16-5-7-17(8-6-16)14(18)13-4-9-19-11(13)2/h4,9,12H,3,5-8,10,15H2,1-2H3. The van der Waals surface area contributed by atoms with Crippen molar-refractivity contribution in [1.82, 2.24) is 9.80 Å². The number of hydrogen-bond donors (Lipinski definition) is 1. The number of aryl methyl sites for hydroxylation is 1. The minimum atomic E-state index is 0.0756. The Labute approximate surface area is 114 Å². The van der Waals surface area contributed by atoms with E-state index in [4.69, 9.17) is 10.2 Å². The highest BCUT2D eigenvalue weighted by molar-refractivity contribution is 5.95. The molecule has 1 amide bonds. The molecule has 1 unspecified atom stereocenters. The molecule has 5 nitrogen and oxygen atoms in total. The van der Waals surface area contributed by atoms with Crippen molar-refractivity contribution in [2.75, 3.05) is 32.7 Å². The summed E-state index contributed by atoms with van der Waals surface area (Å²) in [5, 5.41) is 0. The Balaban J connectivity index is 1.93. The minimum Gasteiger partial charge on any atom is -0.469 e. The molecule has 1 atom stereocenters. The summed E-state index contributed by atoms with van der Waals surface area (Å²) in [6.45, 7) is 8.00. The Morgan fingerprint density at radius 1 is 1.42 bits per heavy atom. The van der Waals surface area contributed by atoms with Crippen molar-refractivity contribution >= 4 is 5.91 Å². The predicted octanol–water partition coefficient (Wildman–Crippen LogP) is 1.08. The summed E-state index contributed by atoms with van der Waals surface area (Å²) in [5.41, 5.74) is 6.45. The molecule has 19 heavy (non-hydrogen) atoms. The van der Waals surface area contributed by atoms with Crippen molar-refractivity contribution in [3.8, 4) is 0 Å². The van der Waals surface area contributed by atoms with E-state index in [1.165, 1.54) is 0 Å². The van der Waals surface area contributed by atoms with E-state index >= 15 is 0 Å². The Morgan fingerprint density at radius 3 is 2.58 bits per heavy atom. The second-order valence-electron chi connectivity index (χ2n) is 5.02. The molecular formula is C14H23N3O2. The Morgan fingerprint density at radius 2 is 2.11 bits per heavy atom. The predicted molar refractivity (Wildman–Crippen MR) is 74.1 cm³/mol. The third-order valence-electron chi connectivity index (χ3n) is 3.95. The monoisotopic (exact) mass is 265 g/mol. The van der Waals surface area contributed by atoms with Crippen LogP contribution in [0.5, 0.6) is 0 Å². The molecule has 0 spiro atoms. The molecule has 5 heteroatoms. The molecule has 2 N–H and O–H groups in total. The van der Waals surface area contributed by atoms with Crippen molar-refractivity contribution in [1.29, 1.82) is 0 Å². The molecule has 1 aliphatic rings. The van der Waals surface area contributed by atoms with Crippen LogP contribution >= 0.6 is 0 Å². The van der Waals surface area contributed by atoms with Crippen LogP contribution in [0.4, 0.5) is 0 Å². The molecule has 1 aromatic rings. The zero-order chi connectivity index (χ0) is 13.8. The van der Waals surface area contributed by atoms with E-state index < -0.39 is 0 Å². The van der Waals surface area contributed by atoms with Gasteiger partial charge < -0.3 is 15.1 Å². The molecule has 1 aliphatic heterocycles. The van der Waals surface area contributed by atoms with E-state index in [0.717, 1.165) is 32.6 Å². The van der Waals surface area contributed by atoms with Crippen molar-refractivity contribution in [2.45, 2.75) is 26.3 Å². The van der Waals surface area contributed by atoms with Gasteiger partial charge in [0.1, 0.15) is 5.76 Å². The average molecular weight is 265 g/mol. The van der Waals surface area contributed by atoms with Crippen LogP contribution in [0.15, 0.2) is 16.7 Å². The van der Waals surface area contributed by atoms with Crippen molar-refractivity contribution in [3.05, 3.63) is 23.7 Å². The fraction of sp³-hybridized carbons (Fsp3) is 0.643. The van der Waals surface area contributed by atoms with Crippen LogP contribution in [0.1, 0.15) is 29.5 Å². The number of nitrogens with zero attached hydrogens (tertiary/aromatic N) is 2. The molecule has 106 valence electrons. The van der Waals surface area contributed by atoms with Gasteiger partial charge in [0.05, 0.1) is 11.8 Å². The van der Waals surface area contributed by atoms with E-state index in [2.05, 4.69) is 11.8 Å². The lowest BCUT2D eigenvalue weighted by Crippen LogP contribution is -2.53. The first-order chi connectivity index (χ1) is 9.17. The maximum atomic E-state index is 12.3. The van der Waals surface area contributed by atoms with E-state index in [1.807, 2.05) is 11.8 Å². The second-order valence-corrected chi connectivity index (χ2v) is 5.02. The van der Waals surface area contributed by atoms with Crippen LogP contribution in [0.25, 0.3) is 0 Å². The van der Waals surface area contributed by atoms with Gasteiger partial charge in [-0.25, -0.2) is 0 Å². The zero-order valence-corrected chi connectivity index (χ0v) is 11.8. The summed E-state index contributed by atoms with van der Waals surface area (Å²) in [7, 11) is 0. The maximum absolute atomic E-state index is 12.3. The molecule has 0 bridgehead atoms. The van der Waals surface area contributed by atoms with E-state index in [1.54, 1.807) is 12.3 Å². The number of rotatable bonds is 4. The van der Waals surface area contributed by atoms with Crippen molar-refractivity contribution < 1.29 is 9.21 Å². The van der Waals surface area contributed by atoms with Gasteiger partial charge in [0, 0.05) is 38.8 Å². The number of furan rings is 1. The van der Waals surface area contributed by atoms with Gasteiger partial charge in [0.2, 0.25) is 0 Å². The van der Waals surface area contributed by atoms with E-state index in [9.17, 15) is 4.79 Å². The molecule has 0 aliphatic carbocycles. The van der Waals surface area contributed by atoms with Gasteiger partial charge in [0.15, 0.2) is 0 Å². The van der Waals surface area contributed by atoms with Crippen LogP contribution in [0.2, 0.25) is 0 Å². The van der Waals surface area contributed by atoms with E-state index in [-0.39, 0.29) is 5.91 Å². The summed E-state index contributed by atoms with van der Waals surface area (Å²) in [6, 6.07) is 2.19. The number of hydrogen-bond acceptors (Lipinski definition) is 4. The van der Waals surface area contributed by atoms with Gasteiger partial charge in [-0.15, -0.1) is 0 Å². The summed E-state index contributed by atoms with van der Waals surface area (Å²) < 4.78 is 5.20. The third-order valence-corrected chi connectivity index (χ3v) is 3.95. The molecule has 2 heterocycles. The fourth-order valence-electron chi connectivity index (χ4n) is 2.64. The molecule has 1 aromatic heterocycles. The first-order valence-corrected chi connectivity index (χ1v) is 6.94. The Hall–Kier alpha value is -1.33. The molecule has 0 saturated carbocycles. The smallest absolute Gasteiger partial charge is 0.257 e. The minimum absolute atomic E-state index is 0.0756. The van der Waals surface area contributed by atoms with Crippen LogP contribution in [0, 0.1) is 6.92 Å². The average Bonchev–Trinajstić information content (AvgIpc) is 2.86. The fourth-order valence-corrected chi connectivity index (χ4v) is 2.64. The molecule has 1 fully saturated rings. The van der Waals surface area contributed by atoms with Crippen LogP contribution in [-0.4, -0.2) is 54.5 Å². The second kappa shape index (κ2) is 6.21. The summed E-state index contributed by atoms with van der Waals surface area (Å²) in [6.07, 6.45) is 2.63. The maximum Gasteiger partial charge on any atom is 0.257 e. The highest BCUT2D eigenvalue weighted by Gasteiger charge is 2.26. The number of amides is 1. The lowest BCUT2D eigenvalue weighted by molar-refractivity contribution is 0.0570. The van der Waals surface area contributed by atoms with Crippen LogP contribution in [-0.2, 0) is 0 Å². The number of piperazine rings is 1. The molecule has 1 saturated heterocycles. The lowest BCUT2D eigenvalue weighted by Gasteiger charge is -2.38. The Kier molecular flexibility index (Phi) is 4.61. The number of carbonyl (C=O) groups excluding carboxylic acids is 1. The molecule has 2 rings (SSSR count). The lowest BCUT2D eigenvalue weighted by atomic mass is 10.1.